The summed E-state index contributed by atoms with van der Waals surface area (Å²) in [7, 11) is -3.63. The quantitative estimate of drug-likeness (QED) is 0.403. The number of aromatic nitrogens is 1. The Kier molecular flexibility index (Phi) is 7.79. The number of rotatable bonds is 7. The van der Waals surface area contributed by atoms with Crippen molar-refractivity contribution in [1.82, 2.24) is 14.2 Å². The van der Waals surface area contributed by atoms with Crippen LogP contribution < -0.4 is 5.32 Å². The van der Waals surface area contributed by atoms with Gasteiger partial charge in [0.15, 0.2) is 0 Å². The van der Waals surface area contributed by atoms with E-state index in [1.807, 2.05) is 39.5 Å². The van der Waals surface area contributed by atoms with Crippen molar-refractivity contribution in [2.45, 2.75) is 116 Å². The summed E-state index contributed by atoms with van der Waals surface area (Å²) < 4.78 is 31.8. The standard InChI is InChI=1S/C31H45N3O3S2/c1-19(2)25-13-23(14-27-29(25)39(36,37)34(20(3)4)31(27,6)7)28-15-26(30(35)32-24-17-38-18-24)21(5)33(28)16-22-11-9-8-10-12-22/h13-15,19-20,22,24H,8-12,16-18H2,1-7H3,(H,32,35). The summed E-state index contributed by atoms with van der Waals surface area (Å²) in [5.74, 6) is 2.58. The summed E-state index contributed by atoms with van der Waals surface area (Å²) in [4.78, 5) is 13.9. The molecule has 0 radical (unpaired) electrons. The topological polar surface area (TPSA) is 71.4 Å². The highest BCUT2D eigenvalue weighted by Gasteiger charge is 2.51. The molecular formula is C31H45N3O3S2. The number of benzene rings is 1. The Morgan fingerprint density at radius 3 is 2.31 bits per heavy atom. The van der Waals surface area contributed by atoms with Gasteiger partial charge >= 0.3 is 0 Å². The van der Waals surface area contributed by atoms with Crippen molar-refractivity contribution >= 4 is 27.7 Å². The Bertz CT molecular complexity index is 1360. The zero-order valence-corrected chi connectivity index (χ0v) is 26.3. The molecule has 5 rings (SSSR count). The molecule has 6 nitrogen and oxygen atoms in total. The third-order valence-corrected chi connectivity index (χ3v) is 12.6. The van der Waals surface area contributed by atoms with Crippen molar-refractivity contribution in [2.75, 3.05) is 11.5 Å². The zero-order valence-electron chi connectivity index (χ0n) is 24.6. The largest absolute Gasteiger partial charge is 0.348 e. The van der Waals surface area contributed by atoms with E-state index in [-0.39, 0.29) is 23.9 Å². The number of thioether (sulfide) groups is 1. The Labute approximate surface area is 239 Å². The fourth-order valence-corrected chi connectivity index (χ4v) is 10.2. The second-order valence-corrected chi connectivity index (χ2v) is 15.7. The monoisotopic (exact) mass is 571 g/mol. The molecule has 1 aromatic carbocycles. The van der Waals surface area contributed by atoms with Crippen LogP contribution in [0.15, 0.2) is 23.1 Å². The molecule has 39 heavy (non-hydrogen) atoms. The van der Waals surface area contributed by atoms with Gasteiger partial charge in [-0.05, 0) is 94.2 Å². The molecule has 0 spiro atoms. The van der Waals surface area contributed by atoms with Gasteiger partial charge in [0.2, 0.25) is 10.0 Å². The SMILES string of the molecule is Cc1c(C(=O)NC2CSC2)cc(-c2cc(C(C)C)c3c(c2)C(C)(C)N(C(C)C)S3(=O)=O)n1CC1CCCCC1. The number of hydrogen-bond donors (Lipinski definition) is 1. The number of amides is 1. The van der Waals surface area contributed by atoms with Crippen molar-refractivity contribution in [3.05, 3.63) is 40.6 Å². The number of fused-ring (bicyclic) bond motifs is 1. The first-order valence-electron chi connectivity index (χ1n) is 14.7. The number of nitrogens with one attached hydrogen (secondary N) is 1. The molecule has 1 amide bonds. The minimum atomic E-state index is -3.63. The second kappa shape index (κ2) is 10.6. The van der Waals surface area contributed by atoms with Gasteiger partial charge in [-0.15, -0.1) is 0 Å². The Morgan fingerprint density at radius 1 is 1.08 bits per heavy atom. The van der Waals surface area contributed by atoms with Crippen LogP contribution in [0.1, 0.15) is 107 Å². The number of carbonyl (C=O) groups is 1. The number of nitrogens with zero attached hydrogens (tertiary/aromatic N) is 2. The third kappa shape index (κ3) is 4.99. The van der Waals surface area contributed by atoms with Crippen LogP contribution in [-0.4, -0.2) is 46.8 Å². The van der Waals surface area contributed by atoms with Crippen LogP contribution in [0, 0.1) is 12.8 Å². The molecule has 214 valence electrons. The maximum absolute atomic E-state index is 13.9. The Balaban J connectivity index is 1.68. The van der Waals surface area contributed by atoms with Gasteiger partial charge in [-0.1, -0.05) is 33.1 Å². The lowest BCUT2D eigenvalue weighted by Gasteiger charge is -2.33. The predicted molar refractivity (Wildman–Crippen MR) is 161 cm³/mol. The first-order valence-corrected chi connectivity index (χ1v) is 17.3. The molecule has 1 saturated carbocycles. The van der Waals surface area contributed by atoms with Crippen molar-refractivity contribution in [2.24, 2.45) is 5.92 Å². The molecule has 3 heterocycles. The average Bonchev–Trinajstić information content (AvgIpc) is 3.24. The molecule has 1 aromatic heterocycles. The van der Waals surface area contributed by atoms with Crippen LogP contribution >= 0.6 is 11.8 Å². The van der Waals surface area contributed by atoms with Gasteiger partial charge in [-0.25, -0.2) is 8.42 Å². The number of sulfonamides is 1. The van der Waals surface area contributed by atoms with Gasteiger partial charge in [-0.2, -0.15) is 16.1 Å². The molecule has 0 atom stereocenters. The molecular weight excluding hydrogens is 526 g/mol. The number of carbonyl (C=O) groups excluding carboxylic acids is 1. The van der Waals surface area contributed by atoms with Gasteiger partial charge in [0.05, 0.1) is 16.0 Å². The van der Waals surface area contributed by atoms with Gasteiger partial charge in [0.1, 0.15) is 0 Å². The molecule has 3 aliphatic rings. The molecule has 1 N–H and O–H groups in total. The van der Waals surface area contributed by atoms with E-state index in [1.165, 1.54) is 32.1 Å². The summed E-state index contributed by atoms with van der Waals surface area (Å²) >= 11 is 1.86. The van der Waals surface area contributed by atoms with Crippen molar-refractivity contribution in [3.8, 4) is 11.3 Å². The zero-order chi connectivity index (χ0) is 28.3. The van der Waals surface area contributed by atoms with Gasteiger partial charge < -0.3 is 9.88 Å². The van der Waals surface area contributed by atoms with E-state index in [1.54, 1.807) is 4.31 Å². The minimum absolute atomic E-state index is 0.000535. The van der Waals surface area contributed by atoms with Crippen LogP contribution in [-0.2, 0) is 22.1 Å². The first kappa shape index (κ1) is 28.7. The molecule has 8 heteroatoms. The van der Waals surface area contributed by atoms with Crippen LogP contribution in [0.2, 0.25) is 0 Å². The van der Waals surface area contributed by atoms with Gasteiger partial charge in [0, 0.05) is 41.5 Å². The fourth-order valence-electron chi connectivity index (χ4n) is 6.97. The van der Waals surface area contributed by atoms with Crippen molar-refractivity contribution in [1.29, 1.82) is 0 Å². The van der Waals surface area contributed by atoms with Crippen LogP contribution in [0.4, 0.5) is 0 Å². The summed E-state index contributed by atoms with van der Waals surface area (Å²) in [5.41, 5.74) is 4.81. The Hall–Kier alpha value is -1.77. The highest BCUT2D eigenvalue weighted by molar-refractivity contribution is 8.00. The summed E-state index contributed by atoms with van der Waals surface area (Å²) in [6, 6.07) is 6.32. The Morgan fingerprint density at radius 2 is 1.74 bits per heavy atom. The van der Waals surface area contributed by atoms with E-state index < -0.39 is 15.6 Å². The lowest BCUT2D eigenvalue weighted by atomic mass is 9.87. The molecule has 2 fully saturated rings. The van der Waals surface area contributed by atoms with E-state index >= 15 is 0 Å². The normalized spacial score (nSPS) is 21.4. The van der Waals surface area contributed by atoms with Crippen LogP contribution in [0.25, 0.3) is 11.3 Å². The highest BCUT2D eigenvalue weighted by atomic mass is 32.2. The van der Waals surface area contributed by atoms with E-state index in [4.69, 9.17) is 0 Å². The van der Waals surface area contributed by atoms with E-state index in [9.17, 15) is 13.2 Å². The van der Waals surface area contributed by atoms with Gasteiger partial charge in [-0.3, -0.25) is 4.79 Å². The fraction of sp³-hybridized carbons (Fsp3) is 0.645. The van der Waals surface area contributed by atoms with Crippen molar-refractivity contribution in [3.63, 3.8) is 0 Å². The maximum Gasteiger partial charge on any atom is 0.253 e. The van der Waals surface area contributed by atoms with Crippen LogP contribution in [0.5, 0.6) is 0 Å². The van der Waals surface area contributed by atoms with E-state index in [0.29, 0.717) is 10.8 Å². The maximum atomic E-state index is 13.9. The lowest BCUT2D eigenvalue weighted by Crippen LogP contribution is -2.43. The molecule has 0 unspecified atom stereocenters. The predicted octanol–water partition coefficient (Wildman–Crippen LogP) is 6.66. The molecule has 0 bridgehead atoms. The molecule has 2 aliphatic heterocycles. The molecule has 2 aromatic rings. The van der Waals surface area contributed by atoms with E-state index in [0.717, 1.165) is 51.7 Å². The van der Waals surface area contributed by atoms with Crippen LogP contribution in [0.3, 0.4) is 0 Å². The summed E-state index contributed by atoms with van der Waals surface area (Å²) in [6.45, 7) is 15.0. The number of hydrogen-bond acceptors (Lipinski definition) is 4. The lowest BCUT2D eigenvalue weighted by molar-refractivity contribution is 0.0942. The minimum Gasteiger partial charge on any atom is -0.348 e. The van der Waals surface area contributed by atoms with E-state index in [2.05, 4.69) is 48.9 Å². The molecule has 1 saturated heterocycles. The van der Waals surface area contributed by atoms with Crippen molar-refractivity contribution < 1.29 is 13.2 Å². The second-order valence-electron chi connectivity index (χ2n) is 12.9. The summed E-state index contributed by atoms with van der Waals surface area (Å²) in [5, 5.41) is 3.22. The average molecular weight is 572 g/mol. The van der Waals surface area contributed by atoms with Gasteiger partial charge in [0.25, 0.3) is 5.91 Å². The summed E-state index contributed by atoms with van der Waals surface area (Å²) in [6.07, 6.45) is 6.27. The molecule has 1 aliphatic carbocycles. The highest BCUT2D eigenvalue weighted by Crippen LogP contribution is 2.49. The smallest absolute Gasteiger partial charge is 0.253 e. The third-order valence-electron chi connectivity index (χ3n) is 8.98. The first-order chi connectivity index (χ1) is 18.3.